The van der Waals surface area contributed by atoms with Crippen molar-refractivity contribution in [3.05, 3.63) is 52.5 Å². The Hall–Kier alpha value is -2.16. The van der Waals surface area contributed by atoms with Crippen molar-refractivity contribution in [3.63, 3.8) is 0 Å². The van der Waals surface area contributed by atoms with Crippen molar-refractivity contribution in [2.24, 2.45) is 0 Å². The van der Waals surface area contributed by atoms with E-state index in [0.717, 1.165) is 28.4 Å². The number of thiazole rings is 1. The van der Waals surface area contributed by atoms with Gasteiger partial charge < -0.3 is 10.0 Å². The van der Waals surface area contributed by atoms with Gasteiger partial charge in [0.2, 0.25) is 0 Å². The summed E-state index contributed by atoms with van der Waals surface area (Å²) in [7, 11) is 0. The van der Waals surface area contributed by atoms with Crippen LogP contribution in [0.25, 0.3) is 6.08 Å². The molecule has 1 aliphatic heterocycles. The van der Waals surface area contributed by atoms with Gasteiger partial charge in [-0.25, -0.2) is 4.98 Å². The summed E-state index contributed by atoms with van der Waals surface area (Å²) in [5.41, 5.74) is 3.25. The summed E-state index contributed by atoms with van der Waals surface area (Å²) in [6.07, 6.45) is 4.93. The first-order valence-corrected chi connectivity index (χ1v) is 9.07. The zero-order valence-corrected chi connectivity index (χ0v) is 14.7. The summed E-state index contributed by atoms with van der Waals surface area (Å²) in [6.45, 7) is 4.06. The van der Waals surface area contributed by atoms with E-state index in [1.807, 2.05) is 35.4 Å². The molecule has 0 aliphatic carbocycles. The molecule has 2 heterocycles. The Kier molecular flexibility index (Phi) is 4.98. The zero-order chi connectivity index (χ0) is 17.1. The van der Waals surface area contributed by atoms with Crippen molar-refractivity contribution in [2.75, 3.05) is 11.5 Å². The number of rotatable bonds is 5. The van der Waals surface area contributed by atoms with Gasteiger partial charge in [-0.3, -0.25) is 0 Å². The summed E-state index contributed by atoms with van der Waals surface area (Å²) >= 11 is 1.55. The van der Waals surface area contributed by atoms with Gasteiger partial charge >= 0.3 is 0 Å². The first-order valence-electron chi connectivity index (χ1n) is 8.20. The maximum atomic E-state index is 9.96. The Balaban J connectivity index is 1.97. The topological polar surface area (TPSA) is 60.2 Å². The lowest BCUT2D eigenvalue weighted by molar-refractivity contribution is 0.187. The predicted octanol–water partition coefficient (Wildman–Crippen LogP) is 3.60. The van der Waals surface area contributed by atoms with E-state index >= 15 is 0 Å². The summed E-state index contributed by atoms with van der Waals surface area (Å²) in [6, 6.07) is 10.1. The molecule has 1 N–H and O–H groups in total. The summed E-state index contributed by atoms with van der Waals surface area (Å²) < 4.78 is 0. The summed E-state index contributed by atoms with van der Waals surface area (Å²) in [4.78, 5) is 6.58. The van der Waals surface area contributed by atoms with Gasteiger partial charge in [0.15, 0.2) is 5.13 Å². The van der Waals surface area contributed by atoms with E-state index in [1.54, 1.807) is 11.3 Å². The summed E-state index contributed by atoms with van der Waals surface area (Å²) in [5, 5.41) is 22.5. The fourth-order valence-corrected chi connectivity index (χ4v) is 4.37. The first kappa shape index (κ1) is 16.7. The average molecular weight is 339 g/mol. The second-order valence-electron chi connectivity index (χ2n) is 5.86. The minimum atomic E-state index is -0.301. The third kappa shape index (κ3) is 2.72. The number of aromatic nitrogens is 1. The number of aryl methyl sites for hydroxylation is 1. The van der Waals surface area contributed by atoms with E-state index in [1.165, 1.54) is 0 Å². The van der Waals surface area contributed by atoms with Crippen LogP contribution in [0.3, 0.4) is 0 Å². The van der Waals surface area contributed by atoms with E-state index in [4.69, 9.17) is 0 Å². The van der Waals surface area contributed by atoms with Crippen molar-refractivity contribution in [3.8, 4) is 6.07 Å². The molecule has 3 rings (SSSR count). The molecule has 0 amide bonds. The molecule has 2 aromatic rings. The Morgan fingerprint density at radius 1 is 1.42 bits per heavy atom. The van der Waals surface area contributed by atoms with Gasteiger partial charge in [0.05, 0.1) is 24.4 Å². The van der Waals surface area contributed by atoms with Crippen LogP contribution in [0.4, 0.5) is 5.13 Å². The molecule has 1 aromatic carbocycles. The molecule has 1 fully saturated rings. The van der Waals surface area contributed by atoms with Crippen molar-refractivity contribution in [2.45, 2.75) is 38.3 Å². The van der Waals surface area contributed by atoms with Crippen molar-refractivity contribution >= 4 is 22.5 Å². The highest BCUT2D eigenvalue weighted by molar-refractivity contribution is 7.13. The normalized spacial score (nSPS) is 23.2. The molecule has 5 heteroatoms. The largest absolute Gasteiger partial charge is 0.394 e. The number of nitrogens with zero attached hydrogens (tertiary/aromatic N) is 3. The Bertz CT molecular complexity index is 777. The number of hydrogen-bond acceptors (Lipinski definition) is 5. The van der Waals surface area contributed by atoms with Crippen LogP contribution in [-0.2, 0) is 6.42 Å². The smallest absolute Gasteiger partial charge is 0.186 e. The maximum absolute atomic E-state index is 9.96. The molecule has 4 nitrogen and oxygen atoms in total. The van der Waals surface area contributed by atoms with E-state index in [-0.39, 0.29) is 24.6 Å². The van der Waals surface area contributed by atoms with E-state index in [2.05, 4.69) is 36.2 Å². The van der Waals surface area contributed by atoms with Gasteiger partial charge in [0.1, 0.15) is 6.04 Å². The number of hydrogen-bond donors (Lipinski definition) is 1. The molecule has 3 atom stereocenters. The predicted molar refractivity (Wildman–Crippen MR) is 98.1 cm³/mol. The third-order valence-electron chi connectivity index (χ3n) is 4.56. The Morgan fingerprint density at radius 3 is 2.83 bits per heavy atom. The summed E-state index contributed by atoms with van der Waals surface area (Å²) in [5.74, 6) is -0.0126. The van der Waals surface area contributed by atoms with Gasteiger partial charge in [-0.2, -0.15) is 5.26 Å². The minimum absolute atomic E-state index is 0.00799. The van der Waals surface area contributed by atoms with Crippen LogP contribution in [0.2, 0.25) is 0 Å². The number of anilines is 1. The molecular weight excluding hydrogens is 318 g/mol. The third-order valence-corrected chi connectivity index (χ3v) is 5.46. The molecule has 0 unspecified atom stereocenters. The first-order chi connectivity index (χ1) is 11.7. The van der Waals surface area contributed by atoms with Crippen LogP contribution in [-0.4, -0.2) is 28.8 Å². The SMILES string of the molecule is C/C=C/c1ccccc1[C@H]1[C@H](C#N)N(c2nc(CC)cs2)[C@H]1CO. The van der Waals surface area contributed by atoms with E-state index < -0.39 is 0 Å². The van der Waals surface area contributed by atoms with Crippen molar-refractivity contribution < 1.29 is 5.11 Å². The molecule has 24 heavy (non-hydrogen) atoms. The van der Waals surface area contributed by atoms with Crippen LogP contribution in [0.15, 0.2) is 35.7 Å². The molecule has 1 aliphatic rings. The number of nitriles is 1. The Labute approximate surface area is 146 Å². The van der Waals surface area contributed by atoms with Crippen LogP contribution in [0, 0.1) is 11.3 Å². The molecule has 1 saturated heterocycles. The van der Waals surface area contributed by atoms with Gasteiger partial charge in [0, 0.05) is 11.3 Å². The molecule has 1 aromatic heterocycles. The maximum Gasteiger partial charge on any atom is 0.186 e. The van der Waals surface area contributed by atoms with E-state index in [9.17, 15) is 10.4 Å². The van der Waals surface area contributed by atoms with Crippen LogP contribution in [0.1, 0.15) is 36.6 Å². The fraction of sp³-hybridized carbons (Fsp3) is 0.368. The number of aliphatic hydroxyl groups is 1. The number of benzene rings is 1. The quantitative estimate of drug-likeness (QED) is 0.904. The number of allylic oxidation sites excluding steroid dienone is 1. The Morgan fingerprint density at radius 2 is 2.21 bits per heavy atom. The molecule has 124 valence electrons. The van der Waals surface area contributed by atoms with Crippen LogP contribution in [0.5, 0.6) is 0 Å². The van der Waals surface area contributed by atoms with E-state index in [0.29, 0.717) is 0 Å². The lowest BCUT2D eigenvalue weighted by Crippen LogP contribution is -2.63. The zero-order valence-electron chi connectivity index (χ0n) is 13.9. The second-order valence-corrected chi connectivity index (χ2v) is 6.70. The highest BCUT2D eigenvalue weighted by Crippen LogP contribution is 2.45. The van der Waals surface area contributed by atoms with Gasteiger partial charge in [-0.1, -0.05) is 43.3 Å². The molecule has 0 spiro atoms. The molecular formula is C19H21N3OS. The lowest BCUT2D eigenvalue weighted by atomic mass is 9.74. The standard InChI is InChI=1S/C19H21N3OS/c1-3-7-13-8-5-6-9-15(13)18-16(10-20)22(17(18)11-23)19-21-14(4-2)12-24-19/h3,5-9,12,16-18,23H,4,11H2,1-2H3/b7-3+/t16-,17-,18-/m0/s1. The lowest BCUT2D eigenvalue weighted by Gasteiger charge is -2.52. The van der Waals surface area contributed by atoms with Crippen LogP contribution < -0.4 is 4.90 Å². The second kappa shape index (κ2) is 7.16. The highest BCUT2D eigenvalue weighted by atomic mass is 32.1. The van der Waals surface area contributed by atoms with Gasteiger partial charge in [-0.15, -0.1) is 11.3 Å². The number of aliphatic hydroxyl groups excluding tert-OH is 1. The minimum Gasteiger partial charge on any atom is -0.394 e. The fourth-order valence-electron chi connectivity index (χ4n) is 3.37. The van der Waals surface area contributed by atoms with Gasteiger partial charge in [0.25, 0.3) is 0 Å². The molecule has 0 bridgehead atoms. The van der Waals surface area contributed by atoms with Crippen molar-refractivity contribution in [1.29, 1.82) is 5.26 Å². The average Bonchev–Trinajstić information content (AvgIpc) is 3.05. The van der Waals surface area contributed by atoms with Crippen LogP contribution >= 0.6 is 11.3 Å². The molecule has 0 saturated carbocycles. The molecule has 0 radical (unpaired) electrons. The van der Waals surface area contributed by atoms with Gasteiger partial charge in [-0.05, 0) is 24.5 Å². The highest BCUT2D eigenvalue weighted by Gasteiger charge is 2.50. The monoisotopic (exact) mass is 339 g/mol. The van der Waals surface area contributed by atoms with Crippen molar-refractivity contribution in [1.82, 2.24) is 4.98 Å².